The summed E-state index contributed by atoms with van der Waals surface area (Å²) in [7, 11) is 3.50. The van der Waals surface area contributed by atoms with Gasteiger partial charge in [0.2, 0.25) is 0 Å². The normalized spacial score (nSPS) is 14.4. The standard InChI is InChI=1S/C13H19NO3/c1-5-17-11-8-6-7-10(9-11)13(2,12(15)16)14(3)4/h6-9H,5H2,1-4H3,(H,15,16)/t13-/m1/s1. The molecule has 0 aliphatic heterocycles. The molecule has 0 aliphatic rings. The lowest BCUT2D eigenvalue weighted by atomic mass is 9.91. The Morgan fingerprint density at radius 2 is 2.12 bits per heavy atom. The molecule has 0 saturated carbocycles. The van der Waals surface area contributed by atoms with E-state index in [1.54, 1.807) is 38.1 Å². The maximum Gasteiger partial charge on any atom is 0.328 e. The van der Waals surface area contributed by atoms with Crippen molar-refractivity contribution in [1.29, 1.82) is 0 Å². The highest BCUT2D eigenvalue weighted by atomic mass is 16.5. The zero-order valence-corrected chi connectivity index (χ0v) is 10.7. The molecule has 0 spiro atoms. The Balaban J connectivity index is 3.20. The van der Waals surface area contributed by atoms with Crippen LogP contribution in [0.15, 0.2) is 24.3 Å². The fraction of sp³-hybridized carbons (Fsp3) is 0.462. The maximum atomic E-state index is 11.4. The van der Waals surface area contributed by atoms with Crippen molar-refractivity contribution >= 4 is 5.97 Å². The number of benzene rings is 1. The molecule has 1 atom stereocenters. The number of nitrogens with zero attached hydrogens (tertiary/aromatic N) is 1. The van der Waals surface area contributed by atoms with Crippen LogP contribution in [0, 0.1) is 0 Å². The zero-order valence-electron chi connectivity index (χ0n) is 10.7. The number of aliphatic carboxylic acids is 1. The molecular weight excluding hydrogens is 218 g/mol. The molecule has 0 amide bonds. The third kappa shape index (κ3) is 2.58. The van der Waals surface area contributed by atoms with Crippen molar-refractivity contribution in [3.05, 3.63) is 29.8 Å². The van der Waals surface area contributed by atoms with Crippen molar-refractivity contribution in [3.8, 4) is 5.75 Å². The van der Waals surface area contributed by atoms with E-state index in [4.69, 9.17) is 4.74 Å². The topological polar surface area (TPSA) is 49.8 Å². The third-order valence-electron chi connectivity index (χ3n) is 3.02. The number of hydrogen-bond acceptors (Lipinski definition) is 3. The van der Waals surface area contributed by atoms with Crippen molar-refractivity contribution in [2.24, 2.45) is 0 Å². The number of hydrogen-bond donors (Lipinski definition) is 1. The quantitative estimate of drug-likeness (QED) is 0.850. The minimum absolute atomic E-state index is 0.565. The number of rotatable bonds is 5. The molecule has 0 aromatic heterocycles. The van der Waals surface area contributed by atoms with Gasteiger partial charge in [0, 0.05) is 0 Å². The molecule has 0 aliphatic carbocycles. The first-order valence-electron chi connectivity index (χ1n) is 5.57. The molecule has 0 saturated heterocycles. The van der Waals surface area contributed by atoms with E-state index < -0.39 is 11.5 Å². The van der Waals surface area contributed by atoms with Crippen LogP contribution in [-0.2, 0) is 10.3 Å². The molecule has 1 N–H and O–H groups in total. The Hall–Kier alpha value is -1.55. The third-order valence-corrected chi connectivity index (χ3v) is 3.02. The summed E-state index contributed by atoms with van der Waals surface area (Å²) in [6.45, 7) is 4.14. The summed E-state index contributed by atoms with van der Waals surface area (Å²) in [4.78, 5) is 13.1. The van der Waals surface area contributed by atoms with Gasteiger partial charge in [-0.3, -0.25) is 4.90 Å². The zero-order chi connectivity index (χ0) is 13.1. The van der Waals surface area contributed by atoms with Crippen molar-refractivity contribution in [1.82, 2.24) is 4.90 Å². The van der Waals surface area contributed by atoms with E-state index in [2.05, 4.69) is 0 Å². The van der Waals surface area contributed by atoms with E-state index >= 15 is 0 Å². The molecule has 17 heavy (non-hydrogen) atoms. The second-order valence-corrected chi connectivity index (χ2v) is 4.23. The van der Waals surface area contributed by atoms with E-state index in [1.807, 2.05) is 19.1 Å². The van der Waals surface area contributed by atoms with Gasteiger partial charge in [0.25, 0.3) is 0 Å². The molecule has 1 aromatic rings. The molecule has 4 heteroatoms. The highest BCUT2D eigenvalue weighted by molar-refractivity contribution is 5.80. The maximum absolute atomic E-state index is 11.4. The molecule has 0 fully saturated rings. The summed E-state index contributed by atoms with van der Waals surface area (Å²) in [6, 6.07) is 7.21. The molecular formula is C13H19NO3. The predicted octanol–water partition coefficient (Wildman–Crippen LogP) is 1.95. The highest BCUT2D eigenvalue weighted by Crippen LogP contribution is 2.29. The number of carboxylic acids is 1. The van der Waals surface area contributed by atoms with Gasteiger partial charge in [-0.05, 0) is 45.6 Å². The lowest BCUT2D eigenvalue weighted by Gasteiger charge is -2.32. The fourth-order valence-electron chi connectivity index (χ4n) is 1.63. The van der Waals surface area contributed by atoms with Crippen LogP contribution in [-0.4, -0.2) is 36.7 Å². The average Bonchev–Trinajstić information content (AvgIpc) is 2.28. The Labute approximate surface area is 102 Å². The Bertz CT molecular complexity index is 403. The predicted molar refractivity (Wildman–Crippen MR) is 66.3 cm³/mol. The fourth-order valence-corrected chi connectivity index (χ4v) is 1.63. The second kappa shape index (κ2) is 5.19. The molecule has 1 rings (SSSR count). The van der Waals surface area contributed by atoms with Crippen molar-refractivity contribution < 1.29 is 14.6 Å². The average molecular weight is 237 g/mol. The van der Waals surface area contributed by atoms with Crippen LogP contribution in [0.1, 0.15) is 19.4 Å². The second-order valence-electron chi connectivity index (χ2n) is 4.23. The van der Waals surface area contributed by atoms with Gasteiger partial charge in [-0.15, -0.1) is 0 Å². The minimum Gasteiger partial charge on any atom is -0.494 e. The van der Waals surface area contributed by atoms with Crippen molar-refractivity contribution in [3.63, 3.8) is 0 Å². The Kier molecular flexibility index (Phi) is 4.12. The summed E-state index contributed by atoms with van der Waals surface area (Å²) in [5.74, 6) is -0.185. The van der Waals surface area contributed by atoms with Gasteiger partial charge in [0.1, 0.15) is 11.3 Å². The Morgan fingerprint density at radius 3 is 2.59 bits per heavy atom. The van der Waals surface area contributed by atoms with E-state index in [9.17, 15) is 9.90 Å². The van der Waals surface area contributed by atoms with Crippen LogP contribution in [0.4, 0.5) is 0 Å². The van der Waals surface area contributed by atoms with Crippen molar-refractivity contribution in [2.75, 3.05) is 20.7 Å². The van der Waals surface area contributed by atoms with Crippen LogP contribution in [0.2, 0.25) is 0 Å². The van der Waals surface area contributed by atoms with Gasteiger partial charge >= 0.3 is 5.97 Å². The number of carbonyl (C=O) groups is 1. The SMILES string of the molecule is CCOc1cccc([C@](C)(C(=O)O)N(C)C)c1. The van der Waals surface area contributed by atoms with E-state index in [-0.39, 0.29) is 0 Å². The molecule has 0 bridgehead atoms. The van der Waals surface area contributed by atoms with Gasteiger partial charge in [-0.1, -0.05) is 12.1 Å². The molecule has 0 heterocycles. The molecule has 4 nitrogen and oxygen atoms in total. The molecule has 0 unspecified atom stereocenters. The molecule has 0 radical (unpaired) electrons. The first kappa shape index (κ1) is 13.5. The molecule has 1 aromatic carbocycles. The summed E-state index contributed by atoms with van der Waals surface area (Å²) >= 11 is 0. The number of ether oxygens (including phenoxy) is 1. The number of carboxylic acid groups (broad SMARTS) is 1. The lowest BCUT2D eigenvalue weighted by Crippen LogP contribution is -2.45. The summed E-state index contributed by atoms with van der Waals surface area (Å²) in [5.41, 5.74) is -0.339. The van der Waals surface area contributed by atoms with Crippen LogP contribution in [0.3, 0.4) is 0 Å². The van der Waals surface area contributed by atoms with Crippen molar-refractivity contribution in [2.45, 2.75) is 19.4 Å². The van der Waals surface area contributed by atoms with Gasteiger partial charge in [-0.25, -0.2) is 4.79 Å². The van der Waals surface area contributed by atoms with Gasteiger partial charge in [0.15, 0.2) is 0 Å². The largest absolute Gasteiger partial charge is 0.494 e. The van der Waals surface area contributed by atoms with Gasteiger partial charge in [-0.2, -0.15) is 0 Å². The first-order chi connectivity index (χ1) is 7.92. The minimum atomic E-state index is -1.05. The van der Waals surface area contributed by atoms with E-state index in [0.29, 0.717) is 17.9 Å². The van der Waals surface area contributed by atoms with Gasteiger partial charge < -0.3 is 9.84 Å². The first-order valence-corrected chi connectivity index (χ1v) is 5.57. The summed E-state index contributed by atoms with van der Waals surface area (Å²) in [6.07, 6.45) is 0. The smallest absolute Gasteiger partial charge is 0.328 e. The molecule has 94 valence electrons. The van der Waals surface area contributed by atoms with Crippen LogP contribution in [0.25, 0.3) is 0 Å². The van der Waals surface area contributed by atoms with Crippen LogP contribution in [0.5, 0.6) is 5.75 Å². The monoisotopic (exact) mass is 237 g/mol. The van der Waals surface area contributed by atoms with Crippen LogP contribution >= 0.6 is 0 Å². The van der Waals surface area contributed by atoms with E-state index in [0.717, 1.165) is 0 Å². The van der Waals surface area contributed by atoms with Crippen LogP contribution < -0.4 is 4.74 Å². The highest BCUT2D eigenvalue weighted by Gasteiger charge is 2.37. The number of likely N-dealkylation sites (N-methyl/N-ethyl adjacent to an activating group) is 1. The van der Waals surface area contributed by atoms with E-state index in [1.165, 1.54) is 0 Å². The lowest BCUT2D eigenvalue weighted by molar-refractivity contribution is -0.149. The Morgan fingerprint density at radius 1 is 1.47 bits per heavy atom. The summed E-state index contributed by atoms with van der Waals surface area (Å²) in [5, 5.41) is 9.39. The summed E-state index contributed by atoms with van der Waals surface area (Å²) < 4.78 is 5.39. The van der Waals surface area contributed by atoms with Gasteiger partial charge in [0.05, 0.1) is 6.61 Å².